The highest BCUT2D eigenvalue weighted by Crippen LogP contribution is 2.68. The lowest BCUT2D eigenvalue weighted by Gasteiger charge is -2.55. The van der Waals surface area contributed by atoms with E-state index in [2.05, 4.69) is 0 Å². The van der Waals surface area contributed by atoms with Crippen LogP contribution in [0.3, 0.4) is 0 Å². The molecule has 30 heavy (non-hydrogen) atoms. The third-order valence-corrected chi connectivity index (χ3v) is 7.99. The number of anilines is 1. The molecule has 2 spiro atoms. The van der Waals surface area contributed by atoms with Gasteiger partial charge in [0.25, 0.3) is 0 Å². The van der Waals surface area contributed by atoms with Gasteiger partial charge in [-0.2, -0.15) is 0 Å². The summed E-state index contributed by atoms with van der Waals surface area (Å²) in [5.41, 5.74) is -0.973. The number of methoxy groups -OCH3 is 2. The third-order valence-electron chi connectivity index (χ3n) is 7.99. The second kappa shape index (κ2) is 5.36. The number of esters is 1. The maximum Gasteiger partial charge on any atom is 0.414 e. The van der Waals surface area contributed by atoms with Gasteiger partial charge in [0, 0.05) is 24.6 Å². The summed E-state index contributed by atoms with van der Waals surface area (Å²) in [4.78, 5) is 42.5. The first-order valence-corrected chi connectivity index (χ1v) is 10.2. The Morgan fingerprint density at radius 1 is 1.20 bits per heavy atom. The van der Waals surface area contributed by atoms with Crippen molar-refractivity contribution in [2.24, 2.45) is 5.92 Å². The Kier molecular flexibility index (Phi) is 3.18. The number of benzene rings is 1. The van der Waals surface area contributed by atoms with E-state index < -0.39 is 28.7 Å². The smallest absolute Gasteiger partial charge is 0.414 e. The van der Waals surface area contributed by atoms with Crippen LogP contribution in [0.1, 0.15) is 31.2 Å². The summed E-state index contributed by atoms with van der Waals surface area (Å²) >= 11 is 0. The van der Waals surface area contributed by atoms with Gasteiger partial charge in [0.2, 0.25) is 5.91 Å². The van der Waals surface area contributed by atoms with Crippen LogP contribution in [0, 0.1) is 5.92 Å². The predicted octanol–water partition coefficient (Wildman–Crippen LogP) is 2.11. The molecule has 0 radical (unpaired) electrons. The Labute approximate surface area is 173 Å². The van der Waals surface area contributed by atoms with Crippen molar-refractivity contribution in [1.82, 2.24) is 4.90 Å². The van der Waals surface area contributed by atoms with E-state index in [1.165, 1.54) is 7.11 Å². The van der Waals surface area contributed by atoms with Crippen LogP contribution in [-0.2, 0) is 24.7 Å². The maximum absolute atomic E-state index is 13.3. The van der Waals surface area contributed by atoms with Crippen LogP contribution in [-0.4, -0.2) is 54.7 Å². The summed E-state index contributed by atoms with van der Waals surface area (Å²) in [6.07, 6.45) is 5.09. The lowest BCUT2D eigenvalue weighted by atomic mass is 9.58. The van der Waals surface area contributed by atoms with Crippen molar-refractivity contribution < 1.29 is 28.6 Å². The molecule has 5 aliphatic heterocycles. The fourth-order valence-corrected chi connectivity index (χ4v) is 6.79. The van der Waals surface area contributed by atoms with Gasteiger partial charge < -0.3 is 19.1 Å². The van der Waals surface area contributed by atoms with Gasteiger partial charge in [-0.25, -0.2) is 4.79 Å². The summed E-state index contributed by atoms with van der Waals surface area (Å²) in [6, 6.07) is 5.48. The normalized spacial score (nSPS) is 37.3. The highest BCUT2D eigenvalue weighted by Gasteiger charge is 2.78. The second-order valence-electron chi connectivity index (χ2n) is 8.79. The molecule has 0 unspecified atom stereocenters. The Balaban J connectivity index is 1.64. The SMILES string of the molecule is COC(=O)N1c2ccc(OC)cc2[C@]23CCN4C(=O)C=C[C@]45CC[C@]12[C@H](C5)C(=O)O3. The first-order valence-electron chi connectivity index (χ1n) is 10.2. The minimum absolute atomic E-state index is 0.0265. The van der Waals surface area contributed by atoms with Crippen molar-refractivity contribution >= 4 is 23.7 Å². The van der Waals surface area contributed by atoms with Gasteiger partial charge in [0.05, 0.1) is 31.4 Å². The molecular weight excluding hydrogens is 388 g/mol. The summed E-state index contributed by atoms with van der Waals surface area (Å²) in [5, 5.41) is 0. The van der Waals surface area contributed by atoms with Crippen molar-refractivity contribution in [1.29, 1.82) is 0 Å². The van der Waals surface area contributed by atoms with E-state index in [0.29, 0.717) is 43.7 Å². The van der Waals surface area contributed by atoms with Crippen LogP contribution in [0.5, 0.6) is 5.75 Å². The van der Waals surface area contributed by atoms with Gasteiger partial charge in [-0.05, 0) is 37.5 Å². The summed E-state index contributed by atoms with van der Waals surface area (Å²) < 4.78 is 16.8. The topological polar surface area (TPSA) is 85.4 Å². The van der Waals surface area contributed by atoms with Crippen molar-refractivity contribution in [3.63, 3.8) is 0 Å². The number of hydrogen-bond donors (Lipinski definition) is 0. The molecular formula is C22H22N2O6. The highest BCUT2D eigenvalue weighted by atomic mass is 16.6. The molecule has 1 aromatic carbocycles. The lowest BCUT2D eigenvalue weighted by Crippen LogP contribution is -2.69. The molecule has 0 N–H and O–H groups in total. The molecule has 4 atom stereocenters. The molecule has 8 heteroatoms. The van der Waals surface area contributed by atoms with Gasteiger partial charge in [0.1, 0.15) is 11.3 Å². The van der Waals surface area contributed by atoms with Crippen LogP contribution in [0.2, 0.25) is 0 Å². The van der Waals surface area contributed by atoms with E-state index in [9.17, 15) is 14.4 Å². The number of hydrogen-bond acceptors (Lipinski definition) is 6. The average molecular weight is 410 g/mol. The first kappa shape index (κ1) is 17.8. The minimum atomic E-state index is -1.04. The largest absolute Gasteiger partial charge is 0.497 e. The fraction of sp³-hybridized carbons (Fsp3) is 0.500. The molecule has 3 saturated heterocycles. The van der Waals surface area contributed by atoms with Gasteiger partial charge >= 0.3 is 12.1 Å². The van der Waals surface area contributed by atoms with Crippen LogP contribution < -0.4 is 9.64 Å². The summed E-state index contributed by atoms with van der Waals surface area (Å²) in [7, 11) is 2.93. The highest BCUT2D eigenvalue weighted by molar-refractivity contribution is 5.99. The standard InChI is InChI=1S/C22H22N2O6/c1-28-13-3-4-16-14(11-13)22-9-10-23-17(25)5-6-20(23)7-8-21(22,24(16)19(27)29-2)15(12-20)18(26)30-22/h3-6,11,15H,7-10,12H2,1-2H3/t15-,20-,21-,22-/m1/s1. The van der Waals surface area contributed by atoms with Crippen molar-refractivity contribution in [2.45, 2.75) is 42.4 Å². The quantitative estimate of drug-likeness (QED) is 0.660. The molecule has 5 heterocycles. The van der Waals surface area contributed by atoms with Gasteiger partial charge in [0.15, 0.2) is 5.60 Å². The minimum Gasteiger partial charge on any atom is -0.497 e. The van der Waals surface area contributed by atoms with E-state index in [0.717, 1.165) is 5.56 Å². The number of amides is 2. The van der Waals surface area contributed by atoms with Gasteiger partial charge in [-0.15, -0.1) is 0 Å². The molecule has 2 amide bonds. The zero-order chi connectivity index (χ0) is 20.9. The molecule has 8 nitrogen and oxygen atoms in total. The molecule has 4 bridgehead atoms. The zero-order valence-electron chi connectivity index (χ0n) is 16.8. The number of rotatable bonds is 1. The number of fused-ring (bicyclic) bond motifs is 3. The Morgan fingerprint density at radius 2 is 2.03 bits per heavy atom. The molecule has 1 saturated carbocycles. The van der Waals surface area contributed by atoms with Crippen molar-refractivity contribution in [3.8, 4) is 5.75 Å². The molecule has 1 aliphatic carbocycles. The fourth-order valence-electron chi connectivity index (χ4n) is 6.79. The second-order valence-corrected chi connectivity index (χ2v) is 8.79. The lowest BCUT2D eigenvalue weighted by molar-refractivity contribution is -0.152. The number of nitrogens with zero attached hydrogens (tertiary/aromatic N) is 2. The zero-order valence-corrected chi connectivity index (χ0v) is 16.8. The van der Waals surface area contributed by atoms with E-state index in [1.54, 1.807) is 24.2 Å². The number of carbonyl (C=O) groups excluding carboxylic acids is 3. The van der Waals surface area contributed by atoms with Gasteiger partial charge in [-0.3, -0.25) is 14.5 Å². The Bertz CT molecular complexity index is 1050. The number of ether oxygens (including phenoxy) is 3. The van der Waals surface area contributed by atoms with Crippen LogP contribution in [0.15, 0.2) is 30.4 Å². The van der Waals surface area contributed by atoms with E-state index in [4.69, 9.17) is 14.2 Å². The third kappa shape index (κ3) is 1.70. The molecule has 4 fully saturated rings. The maximum atomic E-state index is 13.3. The molecule has 1 aromatic rings. The van der Waals surface area contributed by atoms with Crippen molar-refractivity contribution in [2.75, 3.05) is 25.7 Å². The Morgan fingerprint density at radius 3 is 2.80 bits per heavy atom. The van der Waals surface area contributed by atoms with Gasteiger partial charge in [-0.1, -0.05) is 6.08 Å². The first-order chi connectivity index (χ1) is 14.4. The summed E-state index contributed by atoms with van der Waals surface area (Å²) in [6.45, 7) is 0.444. The summed E-state index contributed by atoms with van der Waals surface area (Å²) in [5.74, 6) is -0.273. The van der Waals surface area contributed by atoms with Crippen LogP contribution in [0.4, 0.5) is 10.5 Å². The monoisotopic (exact) mass is 410 g/mol. The van der Waals surface area contributed by atoms with E-state index in [-0.39, 0.29) is 11.9 Å². The van der Waals surface area contributed by atoms with Crippen molar-refractivity contribution in [3.05, 3.63) is 35.9 Å². The molecule has 6 aliphatic rings. The predicted molar refractivity (Wildman–Crippen MR) is 104 cm³/mol. The molecule has 0 aromatic heterocycles. The average Bonchev–Trinajstić information content (AvgIpc) is 3.26. The van der Waals surface area contributed by atoms with Crippen LogP contribution >= 0.6 is 0 Å². The van der Waals surface area contributed by atoms with E-state index >= 15 is 0 Å². The number of carbonyl (C=O) groups is 3. The Hall–Kier alpha value is -3.03. The van der Waals surface area contributed by atoms with E-state index in [1.807, 2.05) is 23.1 Å². The molecule has 7 rings (SSSR count). The molecule has 156 valence electrons. The van der Waals surface area contributed by atoms with Crippen LogP contribution in [0.25, 0.3) is 0 Å².